The summed E-state index contributed by atoms with van der Waals surface area (Å²) in [4.78, 5) is 28.2. The van der Waals surface area contributed by atoms with E-state index in [0.717, 1.165) is 25.7 Å². The minimum absolute atomic E-state index is 0.0874. The molecule has 0 spiro atoms. The quantitative estimate of drug-likeness (QED) is 0.599. The zero-order chi connectivity index (χ0) is 23.2. The van der Waals surface area contributed by atoms with Crippen LogP contribution in [0.4, 0.5) is 0 Å². The summed E-state index contributed by atoms with van der Waals surface area (Å²) in [6, 6.07) is 3.58. The summed E-state index contributed by atoms with van der Waals surface area (Å²) < 4.78 is 13.1. The maximum absolute atomic E-state index is 12.5. The molecule has 178 valence electrons. The monoisotopic (exact) mass is 456 g/mol. The van der Waals surface area contributed by atoms with E-state index in [9.17, 15) is 14.7 Å². The lowest BCUT2D eigenvalue weighted by Gasteiger charge is -2.27. The maximum Gasteiger partial charge on any atom is 0.311 e. The van der Waals surface area contributed by atoms with Crippen molar-refractivity contribution in [3.8, 4) is 17.1 Å². The van der Waals surface area contributed by atoms with Gasteiger partial charge in [0.2, 0.25) is 0 Å². The highest BCUT2D eigenvalue weighted by Crippen LogP contribution is 2.29. The van der Waals surface area contributed by atoms with Crippen LogP contribution in [0.2, 0.25) is 0 Å². The van der Waals surface area contributed by atoms with E-state index in [2.05, 4.69) is 15.3 Å². The minimum atomic E-state index is -0.760. The van der Waals surface area contributed by atoms with Gasteiger partial charge in [-0.1, -0.05) is 24.5 Å². The first-order valence-corrected chi connectivity index (χ1v) is 11.9. The Morgan fingerprint density at radius 1 is 1.12 bits per heavy atom. The second kappa shape index (κ2) is 10.8. The molecule has 4 rings (SSSR count). The largest absolute Gasteiger partial charge is 0.489 e. The van der Waals surface area contributed by atoms with Gasteiger partial charge in [-0.2, -0.15) is 0 Å². The first-order chi connectivity index (χ1) is 16.0. The van der Waals surface area contributed by atoms with Crippen LogP contribution in [0.15, 0.2) is 18.3 Å². The fourth-order valence-corrected chi connectivity index (χ4v) is 4.79. The van der Waals surface area contributed by atoms with Gasteiger partial charge in [-0.25, -0.2) is 0 Å². The normalized spacial score (nSPS) is 21.5. The highest BCUT2D eigenvalue weighted by atomic mass is 16.5. The molecule has 0 bridgehead atoms. The lowest BCUT2D eigenvalue weighted by molar-refractivity contribution is -0.145. The topological polar surface area (TPSA) is 116 Å². The van der Waals surface area contributed by atoms with Crippen molar-refractivity contribution in [2.24, 2.45) is 18.9 Å². The van der Waals surface area contributed by atoms with Crippen molar-refractivity contribution in [2.45, 2.75) is 70.3 Å². The number of hydrogen-bond donors (Lipinski definition) is 1. The van der Waals surface area contributed by atoms with Gasteiger partial charge < -0.3 is 14.6 Å². The highest BCUT2D eigenvalue weighted by Gasteiger charge is 2.28. The van der Waals surface area contributed by atoms with Crippen molar-refractivity contribution < 1.29 is 24.2 Å². The van der Waals surface area contributed by atoms with Crippen molar-refractivity contribution in [3.63, 3.8) is 0 Å². The van der Waals surface area contributed by atoms with Gasteiger partial charge in [-0.3, -0.25) is 19.3 Å². The van der Waals surface area contributed by atoms with Crippen molar-refractivity contribution in [1.29, 1.82) is 0 Å². The third kappa shape index (κ3) is 6.09. The summed E-state index contributed by atoms with van der Waals surface area (Å²) in [6.07, 6.45) is 10.4. The number of carboxylic acids is 1. The Kier molecular flexibility index (Phi) is 7.57. The Morgan fingerprint density at radius 3 is 2.67 bits per heavy atom. The zero-order valence-electron chi connectivity index (χ0n) is 19.1. The Balaban J connectivity index is 1.36. The van der Waals surface area contributed by atoms with Gasteiger partial charge >= 0.3 is 11.9 Å². The van der Waals surface area contributed by atoms with E-state index in [-0.39, 0.29) is 24.4 Å². The van der Waals surface area contributed by atoms with Gasteiger partial charge in [0.05, 0.1) is 42.6 Å². The smallest absolute Gasteiger partial charge is 0.311 e. The molecule has 2 aromatic rings. The second-order valence-corrected chi connectivity index (χ2v) is 9.19. The number of pyridine rings is 1. The fourth-order valence-electron chi connectivity index (χ4n) is 4.79. The SMILES string of the molecule is Cn1nnc(-c2ccc(O[C@H]3CCC[C@H](C(=O)O)C3)cn2)c1CC(=O)OCC1CCCCC1. The molecule has 0 amide bonds. The van der Waals surface area contributed by atoms with Crippen molar-refractivity contribution >= 4 is 11.9 Å². The third-order valence-corrected chi connectivity index (χ3v) is 6.72. The molecular formula is C24H32N4O5. The number of esters is 1. The number of aromatic nitrogens is 4. The number of carbonyl (C=O) groups excluding carboxylic acids is 1. The van der Waals surface area contributed by atoms with Gasteiger partial charge in [-0.05, 0) is 56.6 Å². The Bertz CT molecular complexity index is 952. The van der Waals surface area contributed by atoms with E-state index in [1.54, 1.807) is 30.1 Å². The summed E-state index contributed by atoms with van der Waals surface area (Å²) in [5.41, 5.74) is 1.79. The van der Waals surface area contributed by atoms with Crippen LogP contribution in [0, 0.1) is 11.8 Å². The summed E-state index contributed by atoms with van der Waals surface area (Å²) in [7, 11) is 1.75. The van der Waals surface area contributed by atoms with E-state index in [1.165, 1.54) is 19.3 Å². The van der Waals surface area contributed by atoms with Crippen LogP contribution in [0.5, 0.6) is 5.75 Å². The average molecular weight is 457 g/mol. The average Bonchev–Trinajstić information content (AvgIpc) is 3.19. The lowest BCUT2D eigenvalue weighted by Crippen LogP contribution is -2.29. The molecule has 33 heavy (non-hydrogen) atoms. The summed E-state index contributed by atoms with van der Waals surface area (Å²) >= 11 is 0. The minimum Gasteiger partial charge on any atom is -0.489 e. The predicted molar refractivity (Wildman–Crippen MR) is 119 cm³/mol. The van der Waals surface area contributed by atoms with Gasteiger partial charge in [0.25, 0.3) is 0 Å². The highest BCUT2D eigenvalue weighted by molar-refractivity contribution is 5.75. The Labute approximate surface area is 193 Å². The van der Waals surface area contributed by atoms with E-state index >= 15 is 0 Å². The molecule has 0 unspecified atom stereocenters. The molecule has 2 aliphatic rings. The van der Waals surface area contributed by atoms with Crippen molar-refractivity contribution in [1.82, 2.24) is 20.0 Å². The van der Waals surface area contributed by atoms with Crippen LogP contribution in [0.1, 0.15) is 63.5 Å². The molecule has 2 heterocycles. The summed E-state index contributed by atoms with van der Waals surface area (Å²) in [5, 5.41) is 17.5. The second-order valence-electron chi connectivity index (χ2n) is 9.19. The molecule has 0 radical (unpaired) electrons. The molecule has 0 aliphatic heterocycles. The predicted octanol–water partition coefficient (Wildman–Crippen LogP) is 3.57. The van der Waals surface area contributed by atoms with Gasteiger partial charge in [-0.15, -0.1) is 5.10 Å². The van der Waals surface area contributed by atoms with E-state index < -0.39 is 5.97 Å². The van der Waals surface area contributed by atoms with Gasteiger partial charge in [0.15, 0.2) is 0 Å². The van der Waals surface area contributed by atoms with Crippen LogP contribution < -0.4 is 4.74 Å². The number of hydrogen-bond acceptors (Lipinski definition) is 7. The van der Waals surface area contributed by atoms with Crippen LogP contribution in [0.25, 0.3) is 11.4 Å². The number of carbonyl (C=O) groups is 2. The van der Waals surface area contributed by atoms with Crippen LogP contribution in [-0.2, 0) is 27.8 Å². The molecule has 2 aliphatic carbocycles. The summed E-state index contributed by atoms with van der Waals surface area (Å²) in [6.45, 7) is 0.480. The Hall–Kier alpha value is -2.97. The fraction of sp³-hybridized carbons (Fsp3) is 0.625. The Morgan fingerprint density at radius 2 is 1.94 bits per heavy atom. The first-order valence-electron chi connectivity index (χ1n) is 11.9. The molecule has 2 atom stereocenters. The van der Waals surface area contributed by atoms with Crippen LogP contribution in [-0.4, -0.2) is 49.7 Å². The van der Waals surface area contributed by atoms with E-state index in [1.807, 2.05) is 0 Å². The summed E-state index contributed by atoms with van der Waals surface area (Å²) in [5.74, 6) is -0.333. The maximum atomic E-state index is 12.5. The molecular weight excluding hydrogens is 424 g/mol. The van der Waals surface area contributed by atoms with E-state index in [0.29, 0.717) is 48.2 Å². The molecule has 9 heteroatoms. The molecule has 2 aromatic heterocycles. The number of rotatable bonds is 8. The van der Waals surface area contributed by atoms with E-state index in [4.69, 9.17) is 9.47 Å². The molecule has 9 nitrogen and oxygen atoms in total. The number of ether oxygens (including phenoxy) is 2. The third-order valence-electron chi connectivity index (χ3n) is 6.72. The molecule has 1 N–H and O–H groups in total. The molecule has 0 aromatic carbocycles. The number of aryl methyl sites for hydroxylation is 1. The van der Waals surface area contributed by atoms with Gasteiger partial charge in [0.1, 0.15) is 11.4 Å². The van der Waals surface area contributed by atoms with Crippen molar-refractivity contribution in [3.05, 3.63) is 24.0 Å². The molecule has 2 fully saturated rings. The lowest BCUT2D eigenvalue weighted by atomic mass is 9.87. The first kappa shape index (κ1) is 23.2. The standard InChI is InChI=1S/C24H32N4O5/c1-28-21(13-22(29)32-15-16-6-3-2-4-7-16)23(26-27-28)20-11-10-19(14-25-20)33-18-9-5-8-17(12-18)24(30)31/h10-11,14,16-18H,2-9,12-13,15H2,1H3,(H,30,31)/t17-,18-/m0/s1. The number of carboxylic acid groups (broad SMARTS) is 1. The molecule has 0 saturated heterocycles. The molecule has 2 saturated carbocycles. The van der Waals surface area contributed by atoms with Crippen LogP contribution in [0.3, 0.4) is 0 Å². The van der Waals surface area contributed by atoms with Crippen molar-refractivity contribution in [2.75, 3.05) is 6.61 Å². The van der Waals surface area contributed by atoms with Gasteiger partial charge in [0, 0.05) is 7.05 Å². The zero-order valence-corrected chi connectivity index (χ0v) is 19.1. The number of aliphatic carboxylic acids is 1. The van der Waals surface area contributed by atoms with Crippen LogP contribution >= 0.6 is 0 Å². The number of nitrogens with zero attached hydrogens (tertiary/aromatic N) is 4.